The molecule has 2 heterocycles. The van der Waals surface area contributed by atoms with Gasteiger partial charge < -0.3 is 14.6 Å². The van der Waals surface area contributed by atoms with Crippen LogP contribution in [-0.4, -0.2) is 27.7 Å². The number of ether oxygens (including phenoxy) is 1. The quantitative estimate of drug-likeness (QED) is 0.274. The number of aromatic nitrogens is 3. The summed E-state index contributed by atoms with van der Waals surface area (Å²) in [7, 11) is 1.61. The smallest absolute Gasteiger partial charge is 0.237 e. The van der Waals surface area contributed by atoms with Gasteiger partial charge in [0.1, 0.15) is 5.69 Å². The first-order chi connectivity index (χ1) is 17.1. The van der Waals surface area contributed by atoms with Gasteiger partial charge in [0.2, 0.25) is 5.88 Å². The van der Waals surface area contributed by atoms with E-state index in [0.29, 0.717) is 22.0 Å². The predicted molar refractivity (Wildman–Crippen MR) is 140 cm³/mol. The molecule has 6 rings (SSSR count). The van der Waals surface area contributed by atoms with Crippen LogP contribution in [0.1, 0.15) is 12.8 Å². The van der Waals surface area contributed by atoms with Crippen molar-refractivity contribution < 1.29 is 4.74 Å². The zero-order valence-electron chi connectivity index (χ0n) is 18.9. The summed E-state index contributed by atoms with van der Waals surface area (Å²) in [5.74, 6) is 0.513. The summed E-state index contributed by atoms with van der Waals surface area (Å²) in [4.78, 5) is 14.3. The molecule has 174 valence electrons. The number of rotatable bonds is 5. The number of nitrogens with one attached hydrogen (secondary N) is 1. The SMILES string of the molecule is COc1ncccc1Nc1cc2nc3ccccc3n(-c3ccc(Cl)cc3Cl)c-2cc1=NC1CC1. The van der Waals surface area contributed by atoms with Gasteiger partial charge in [0.25, 0.3) is 0 Å². The van der Waals surface area contributed by atoms with Gasteiger partial charge in [0.05, 0.1) is 57.3 Å². The first-order valence-corrected chi connectivity index (χ1v) is 12.1. The van der Waals surface area contributed by atoms with Crippen molar-refractivity contribution in [1.29, 1.82) is 0 Å². The minimum absolute atomic E-state index is 0.324. The molecule has 0 unspecified atom stereocenters. The van der Waals surface area contributed by atoms with Crippen molar-refractivity contribution in [1.82, 2.24) is 14.5 Å². The van der Waals surface area contributed by atoms with Gasteiger partial charge in [-0.1, -0.05) is 35.3 Å². The molecular formula is C27H21Cl2N5O. The monoisotopic (exact) mass is 501 g/mol. The third kappa shape index (κ3) is 4.20. The molecule has 0 bridgehead atoms. The van der Waals surface area contributed by atoms with Gasteiger partial charge in [-0.15, -0.1) is 0 Å². The zero-order chi connectivity index (χ0) is 23.9. The summed E-state index contributed by atoms with van der Waals surface area (Å²) < 4.78 is 7.57. The van der Waals surface area contributed by atoms with Crippen LogP contribution in [0.2, 0.25) is 10.0 Å². The molecule has 3 aromatic rings. The van der Waals surface area contributed by atoms with E-state index in [0.717, 1.165) is 57.7 Å². The van der Waals surface area contributed by atoms with E-state index in [1.165, 1.54) is 0 Å². The minimum Gasteiger partial charge on any atom is -0.480 e. The lowest BCUT2D eigenvalue weighted by Crippen LogP contribution is -2.16. The highest BCUT2D eigenvalue weighted by Gasteiger charge is 2.22. The maximum absolute atomic E-state index is 6.69. The van der Waals surface area contributed by atoms with Gasteiger partial charge in [0, 0.05) is 11.2 Å². The minimum atomic E-state index is 0.324. The van der Waals surface area contributed by atoms with Crippen LogP contribution in [0.4, 0.5) is 11.4 Å². The van der Waals surface area contributed by atoms with Crippen molar-refractivity contribution in [2.75, 3.05) is 12.4 Å². The Bertz CT molecular complexity index is 1610. The third-order valence-corrected chi connectivity index (χ3v) is 6.49. The van der Waals surface area contributed by atoms with Crippen LogP contribution in [0.5, 0.6) is 5.88 Å². The van der Waals surface area contributed by atoms with Crippen molar-refractivity contribution in [3.63, 3.8) is 0 Å². The molecule has 0 radical (unpaired) electrons. The average Bonchev–Trinajstić information content (AvgIpc) is 3.68. The summed E-state index contributed by atoms with van der Waals surface area (Å²) >= 11 is 12.9. The molecular weight excluding hydrogens is 481 g/mol. The molecule has 1 fully saturated rings. The molecule has 0 amide bonds. The Balaban J connectivity index is 1.65. The van der Waals surface area contributed by atoms with Crippen molar-refractivity contribution in [3.05, 3.63) is 88.3 Å². The molecule has 1 aromatic heterocycles. The topological polar surface area (TPSA) is 64.3 Å². The molecule has 2 aliphatic carbocycles. The number of hydrogen-bond acceptors (Lipinski definition) is 5. The molecule has 0 saturated heterocycles. The number of anilines is 2. The Morgan fingerprint density at radius 2 is 1.86 bits per heavy atom. The first kappa shape index (κ1) is 21.9. The van der Waals surface area contributed by atoms with Gasteiger partial charge in [-0.25, -0.2) is 9.97 Å². The zero-order valence-corrected chi connectivity index (χ0v) is 20.4. The van der Waals surface area contributed by atoms with E-state index >= 15 is 0 Å². The van der Waals surface area contributed by atoms with Gasteiger partial charge in [-0.2, -0.15) is 0 Å². The molecule has 8 heteroatoms. The maximum Gasteiger partial charge on any atom is 0.237 e. The number of halogens is 2. The molecule has 35 heavy (non-hydrogen) atoms. The fourth-order valence-corrected chi connectivity index (χ4v) is 4.66. The van der Waals surface area contributed by atoms with Gasteiger partial charge in [-0.3, -0.25) is 4.99 Å². The average molecular weight is 502 g/mol. The highest BCUT2D eigenvalue weighted by atomic mass is 35.5. The standard InChI is InChI=1S/C27H21Cl2N5O/c1-35-27-20(6-4-12-30-27)33-21-14-23-26(15-22(21)31-17-9-10-17)34(24-11-8-16(28)13-18(24)29)25-7-3-2-5-19(25)32-23/h2-8,11-15,17,33H,9-10H2,1H3. The Hall–Kier alpha value is -3.61. The lowest BCUT2D eigenvalue weighted by Gasteiger charge is -2.21. The second-order valence-corrected chi connectivity index (χ2v) is 9.28. The number of para-hydroxylation sites is 2. The molecule has 6 nitrogen and oxygen atoms in total. The van der Waals surface area contributed by atoms with Gasteiger partial charge >= 0.3 is 0 Å². The van der Waals surface area contributed by atoms with Crippen LogP contribution in [-0.2, 0) is 0 Å². The van der Waals surface area contributed by atoms with Crippen molar-refractivity contribution in [2.45, 2.75) is 18.9 Å². The Morgan fingerprint density at radius 3 is 2.66 bits per heavy atom. The molecule has 1 saturated carbocycles. The highest BCUT2D eigenvalue weighted by Crippen LogP contribution is 2.35. The molecule has 3 aliphatic rings. The number of benzene rings is 3. The Morgan fingerprint density at radius 1 is 1.00 bits per heavy atom. The lowest BCUT2D eigenvalue weighted by molar-refractivity contribution is 0.400. The van der Waals surface area contributed by atoms with E-state index in [-0.39, 0.29) is 0 Å². The second-order valence-electron chi connectivity index (χ2n) is 8.44. The van der Waals surface area contributed by atoms with Crippen LogP contribution >= 0.6 is 23.2 Å². The van der Waals surface area contributed by atoms with Crippen LogP contribution in [0, 0.1) is 0 Å². The van der Waals surface area contributed by atoms with Crippen molar-refractivity contribution >= 4 is 45.6 Å². The summed E-state index contributed by atoms with van der Waals surface area (Å²) in [6, 6.07) is 21.8. The summed E-state index contributed by atoms with van der Waals surface area (Å²) in [6.45, 7) is 0. The number of fused-ring (bicyclic) bond motifs is 2. The second kappa shape index (κ2) is 8.87. The summed E-state index contributed by atoms with van der Waals surface area (Å²) in [6.07, 6.45) is 3.88. The van der Waals surface area contributed by atoms with Gasteiger partial charge in [0.15, 0.2) is 0 Å². The van der Waals surface area contributed by atoms with E-state index < -0.39 is 0 Å². The van der Waals surface area contributed by atoms with E-state index in [1.54, 1.807) is 19.4 Å². The number of methoxy groups -OCH3 is 1. The Kier molecular flexibility index (Phi) is 5.55. The number of nitrogens with zero attached hydrogens (tertiary/aromatic N) is 4. The predicted octanol–water partition coefficient (Wildman–Crippen LogP) is 6.65. The largest absolute Gasteiger partial charge is 0.480 e. The summed E-state index contributed by atoms with van der Waals surface area (Å²) in [5.41, 5.74) is 5.92. The maximum atomic E-state index is 6.69. The molecule has 2 aromatic carbocycles. The molecule has 1 N–H and O–H groups in total. The van der Waals surface area contributed by atoms with Crippen molar-refractivity contribution in [3.8, 4) is 23.0 Å². The van der Waals surface area contributed by atoms with E-state index in [9.17, 15) is 0 Å². The van der Waals surface area contributed by atoms with Crippen LogP contribution < -0.4 is 15.4 Å². The molecule has 0 spiro atoms. The van der Waals surface area contributed by atoms with Crippen LogP contribution in [0.15, 0.2) is 77.9 Å². The number of hydrogen-bond donors (Lipinski definition) is 1. The highest BCUT2D eigenvalue weighted by molar-refractivity contribution is 6.35. The van der Waals surface area contributed by atoms with E-state index in [1.807, 2.05) is 54.6 Å². The van der Waals surface area contributed by atoms with E-state index in [4.69, 9.17) is 37.9 Å². The van der Waals surface area contributed by atoms with E-state index in [2.05, 4.69) is 20.9 Å². The fourth-order valence-electron chi connectivity index (χ4n) is 4.16. The fraction of sp³-hybridized carbons (Fsp3) is 0.148. The van der Waals surface area contributed by atoms with Crippen LogP contribution in [0.3, 0.4) is 0 Å². The normalized spacial score (nSPS) is 14.0. The first-order valence-electron chi connectivity index (χ1n) is 11.3. The number of pyridine rings is 1. The van der Waals surface area contributed by atoms with Crippen LogP contribution in [0.25, 0.3) is 28.1 Å². The Labute approximate surface area is 212 Å². The van der Waals surface area contributed by atoms with Gasteiger partial charge in [-0.05, 0) is 67.4 Å². The third-order valence-electron chi connectivity index (χ3n) is 5.95. The molecule has 0 atom stereocenters. The lowest BCUT2D eigenvalue weighted by atomic mass is 10.1. The van der Waals surface area contributed by atoms with Crippen molar-refractivity contribution in [2.24, 2.45) is 4.99 Å². The summed E-state index contributed by atoms with van der Waals surface area (Å²) in [5, 5.41) is 5.46. The molecule has 1 aliphatic heterocycles.